The highest BCUT2D eigenvalue weighted by Gasteiger charge is 2.20. The van der Waals surface area contributed by atoms with E-state index in [-0.39, 0.29) is 5.97 Å². The van der Waals surface area contributed by atoms with Gasteiger partial charge in [-0.15, -0.1) is 0 Å². The third-order valence-corrected chi connectivity index (χ3v) is 3.23. The number of benzene rings is 2. The van der Waals surface area contributed by atoms with Crippen molar-refractivity contribution in [1.29, 1.82) is 0 Å². The minimum absolute atomic E-state index is 0.295. The van der Waals surface area contributed by atoms with Gasteiger partial charge in [0.05, 0.1) is 5.56 Å². The van der Waals surface area contributed by atoms with Crippen molar-refractivity contribution in [2.45, 2.75) is 26.4 Å². The SMILES string of the molecule is CC(C)(C)OC(=O)c1ccccc1-c1ccc(Br)cc1. The van der Waals surface area contributed by atoms with E-state index in [4.69, 9.17) is 4.74 Å². The Labute approximate surface area is 127 Å². The van der Waals surface area contributed by atoms with Gasteiger partial charge in [-0.1, -0.05) is 46.3 Å². The van der Waals surface area contributed by atoms with E-state index in [1.165, 1.54) is 0 Å². The monoisotopic (exact) mass is 332 g/mol. The molecule has 3 heteroatoms. The van der Waals surface area contributed by atoms with Crippen LogP contribution in [0.1, 0.15) is 31.1 Å². The van der Waals surface area contributed by atoms with Gasteiger partial charge in [-0.05, 0) is 50.1 Å². The Morgan fingerprint density at radius 3 is 2.20 bits per heavy atom. The van der Waals surface area contributed by atoms with Crippen molar-refractivity contribution in [3.05, 3.63) is 58.6 Å². The first-order chi connectivity index (χ1) is 9.37. The minimum Gasteiger partial charge on any atom is -0.456 e. The Morgan fingerprint density at radius 1 is 1.00 bits per heavy atom. The van der Waals surface area contributed by atoms with Gasteiger partial charge in [-0.3, -0.25) is 0 Å². The summed E-state index contributed by atoms with van der Waals surface area (Å²) < 4.78 is 6.47. The third-order valence-electron chi connectivity index (χ3n) is 2.70. The summed E-state index contributed by atoms with van der Waals surface area (Å²) in [5, 5.41) is 0. The maximum Gasteiger partial charge on any atom is 0.339 e. The molecule has 0 atom stereocenters. The summed E-state index contributed by atoms with van der Waals surface area (Å²) in [7, 11) is 0. The molecule has 0 saturated carbocycles. The van der Waals surface area contributed by atoms with Crippen LogP contribution in [0.25, 0.3) is 11.1 Å². The van der Waals surface area contributed by atoms with Gasteiger partial charge >= 0.3 is 5.97 Å². The molecule has 0 aliphatic heterocycles. The summed E-state index contributed by atoms with van der Waals surface area (Å²) in [6.07, 6.45) is 0. The summed E-state index contributed by atoms with van der Waals surface area (Å²) in [6, 6.07) is 15.4. The first-order valence-corrected chi connectivity index (χ1v) is 7.24. The summed E-state index contributed by atoms with van der Waals surface area (Å²) in [5.74, 6) is -0.295. The van der Waals surface area contributed by atoms with E-state index in [2.05, 4.69) is 15.9 Å². The fraction of sp³-hybridized carbons (Fsp3) is 0.235. The van der Waals surface area contributed by atoms with Crippen LogP contribution in [0, 0.1) is 0 Å². The van der Waals surface area contributed by atoms with Crippen LogP contribution in [0.4, 0.5) is 0 Å². The van der Waals surface area contributed by atoms with E-state index in [0.717, 1.165) is 15.6 Å². The molecule has 2 aromatic carbocycles. The zero-order valence-electron chi connectivity index (χ0n) is 11.8. The molecule has 0 aromatic heterocycles. The second kappa shape index (κ2) is 5.80. The summed E-state index contributed by atoms with van der Waals surface area (Å²) in [6.45, 7) is 5.60. The molecule has 0 aliphatic rings. The normalized spacial score (nSPS) is 11.2. The maximum absolute atomic E-state index is 12.3. The molecule has 2 nitrogen and oxygen atoms in total. The maximum atomic E-state index is 12.3. The molecule has 0 spiro atoms. The Balaban J connectivity index is 2.40. The van der Waals surface area contributed by atoms with Crippen LogP contribution in [0.15, 0.2) is 53.0 Å². The van der Waals surface area contributed by atoms with Gasteiger partial charge in [0, 0.05) is 4.47 Å². The summed E-state index contributed by atoms with van der Waals surface area (Å²) in [5.41, 5.74) is 1.97. The minimum atomic E-state index is -0.496. The number of ether oxygens (including phenoxy) is 1. The van der Waals surface area contributed by atoms with E-state index < -0.39 is 5.60 Å². The van der Waals surface area contributed by atoms with E-state index in [9.17, 15) is 4.79 Å². The Morgan fingerprint density at radius 2 is 1.60 bits per heavy atom. The second-order valence-electron chi connectivity index (χ2n) is 5.55. The lowest BCUT2D eigenvalue weighted by atomic mass is 9.99. The topological polar surface area (TPSA) is 26.3 Å². The molecule has 0 radical (unpaired) electrons. The first-order valence-electron chi connectivity index (χ1n) is 6.45. The van der Waals surface area contributed by atoms with E-state index >= 15 is 0 Å². The lowest BCUT2D eigenvalue weighted by Crippen LogP contribution is -2.24. The average Bonchev–Trinajstić information content (AvgIpc) is 2.38. The van der Waals surface area contributed by atoms with Crippen LogP contribution in [-0.2, 0) is 4.74 Å². The Kier molecular flexibility index (Phi) is 4.29. The van der Waals surface area contributed by atoms with E-state index in [1.807, 2.05) is 63.2 Å². The number of rotatable bonds is 2. The number of hydrogen-bond acceptors (Lipinski definition) is 2. The molecule has 104 valence electrons. The van der Waals surface area contributed by atoms with Crippen LogP contribution < -0.4 is 0 Å². The van der Waals surface area contributed by atoms with Crippen molar-refractivity contribution >= 4 is 21.9 Å². The molecule has 0 aliphatic carbocycles. The average molecular weight is 333 g/mol. The van der Waals surface area contributed by atoms with Crippen molar-refractivity contribution < 1.29 is 9.53 Å². The lowest BCUT2D eigenvalue weighted by molar-refractivity contribution is 0.00705. The van der Waals surface area contributed by atoms with Crippen molar-refractivity contribution in [1.82, 2.24) is 0 Å². The van der Waals surface area contributed by atoms with Gasteiger partial charge in [-0.25, -0.2) is 4.79 Å². The second-order valence-corrected chi connectivity index (χ2v) is 6.47. The predicted octanol–water partition coefficient (Wildman–Crippen LogP) is 5.07. The quantitative estimate of drug-likeness (QED) is 0.717. The zero-order chi connectivity index (χ0) is 14.8. The van der Waals surface area contributed by atoms with Gasteiger partial charge in [0.1, 0.15) is 5.60 Å². The highest BCUT2D eigenvalue weighted by Crippen LogP contribution is 2.26. The number of carbonyl (C=O) groups is 1. The molecular formula is C17H17BrO2. The largest absolute Gasteiger partial charge is 0.456 e. The third kappa shape index (κ3) is 3.70. The highest BCUT2D eigenvalue weighted by molar-refractivity contribution is 9.10. The molecule has 0 fully saturated rings. The number of carbonyl (C=O) groups excluding carboxylic acids is 1. The number of hydrogen-bond donors (Lipinski definition) is 0. The molecule has 2 rings (SSSR count). The number of halogens is 1. The van der Waals surface area contributed by atoms with Gasteiger partial charge < -0.3 is 4.74 Å². The summed E-state index contributed by atoms with van der Waals surface area (Å²) in [4.78, 5) is 12.3. The molecule has 0 heterocycles. The number of esters is 1. The highest BCUT2D eigenvalue weighted by atomic mass is 79.9. The van der Waals surface area contributed by atoms with Crippen LogP contribution in [0.3, 0.4) is 0 Å². The molecule has 0 amide bonds. The fourth-order valence-corrected chi connectivity index (χ4v) is 2.14. The van der Waals surface area contributed by atoms with Crippen molar-refractivity contribution in [3.8, 4) is 11.1 Å². The van der Waals surface area contributed by atoms with E-state index in [0.29, 0.717) is 5.56 Å². The van der Waals surface area contributed by atoms with Crippen molar-refractivity contribution in [2.24, 2.45) is 0 Å². The standard InChI is InChI=1S/C17H17BrO2/c1-17(2,3)20-16(19)15-7-5-4-6-14(15)12-8-10-13(18)11-9-12/h4-11H,1-3H3. The fourth-order valence-electron chi connectivity index (χ4n) is 1.88. The van der Waals surface area contributed by atoms with Crippen LogP contribution in [0.2, 0.25) is 0 Å². The Hall–Kier alpha value is -1.61. The smallest absolute Gasteiger partial charge is 0.339 e. The van der Waals surface area contributed by atoms with Crippen LogP contribution >= 0.6 is 15.9 Å². The van der Waals surface area contributed by atoms with Crippen molar-refractivity contribution in [3.63, 3.8) is 0 Å². The van der Waals surface area contributed by atoms with Gasteiger partial charge in [0.15, 0.2) is 0 Å². The molecule has 0 bridgehead atoms. The van der Waals surface area contributed by atoms with E-state index in [1.54, 1.807) is 6.07 Å². The molecule has 0 N–H and O–H groups in total. The van der Waals surface area contributed by atoms with Crippen LogP contribution in [0.5, 0.6) is 0 Å². The van der Waals surface area contributed by atoms with Crippen LogP contribution in [-0.4, -0.2) is 11.6 Å². The first kappa shape index (κ1) is 14.8. The molecule has 2 aromatic rings. The molecular weight excluding hydrogens is 316 g/mol. The van der Waals surface area contributed by atoms with Crippen molar-refractivity contribution in [2.75, 3.05) is 0 Å². The van der Waals surface area contributed by atoms with Gasteiger partial charge in [0.25, 0.3) is 0 Å². The predicted molar refractivity (Wildman–Crippen MR) is 84.7 cm³/mol. The molecule has 0 unspecified atom stereocenters. The molecule has 0 saturated heterocycles. The van der Waals surface area contributed by atoms with Gasteiger partial charge in [-0.2, -0.15) is 0 Å². The van der Waals surface area contributed by atoms with Gasteiger partial charge in [0.2, 0.25) is 0 Å². The lowest BCUT2D eigenvalue weighted by Gasteiger charge is -2.20. The zero-order valence-corrected chi connectivity index (χ0v) is 13.4. The Bertz CT molecular complexity index is 610. The molecule has 20 heavy (non-hydrogen) atoms. The summed E-state index contributed by atoms with van der Waals surface area (Å²) >= 11 is 3.41.